The molecule has 1 aromatic heterocycles. The fourth-order valence-corrected chi connectivity index (χ4v) is 3.54. The van der Waals surface area contributed by atoms with E-state index in [1.54, 1.807) is 11.3 Å². The Kier molecular flexibility index (Phi) is 3.79. The predicted molar refractivity (Wildman–Crippen MR) is 76.0 cm³/mol. The molecule has 0 N–H and O–H groups in total. The quantitative estimate of drug-likeness (QED) is 0.760. The van der Waals surface area contributed by atoms with Crippen molar-refractivity contribution in [3.63, 3.8) is 0 Å². The number of carbonyl (C=O) groups is 1. The van der Waals surface area contributed by atoms with Crippen LogP contribution in [0.15, 0.2) is 34.8 Å². The molecule has 2 aromatic rings. The molecule has 88 valence electrons. The van der Waals surface area contributed by atoms with Crippen LogP contribution in [0.2, 0.25) is 0 Å². The van der Waals surface area contributed by atoms with Gasteiger partial charge in [-0.2, -0.15) is 0 Å². The molecular formula is C14H13BrOS. The van der Waals surface area contributed by atoms with Gasteiger partial charge in [-0.1, -0.05) is 24.3 Å². The Hall–Kier alpha value is -0.930. The van der Waals surface area contributed by atoms with E-state index in [1.807, 2.05) is 44.2 Å². The lowest BCUT2D eigenvalue weighted by molar-refractivity contribution is 0.0996. The standard InChI is InChI=1S/C14H13BrOS/c1-9-5-3-4-6-11(9)8-13(16)14-12(15)7-10(2)17-14/h3-7H,8H2,1-2H3. The van der Waals surface area contributed by atoms with Gasteiger partial charge in [-0.3, -0.25) is 4.79 Å². The Balaban J connectivity index is 2.23. The highest BCUT2D eigenvalue weighted by molar-refractivity contribution is 9.10. The van der Waals surface area contributed by atoms with Crippen LogP contribution in [0.1, 0.15) is 25.7 Å². The van der Waals surface area contributed by atoms with Gasteiger partial charge in [0.25, 0.3) is 0 Å². The summed E-state index contributed by atoms with van der Waals surface area (Å²) in [6.07, 6.45) is 0.477. The van der Waals surface area contributed by atoms with Crippen LogP contribution in [0.25, 0.3) is 0 Å². The van der Waals surface area contributed by atoms with Gasteiger partial charge in [0.15, 0.2) is 5.78 Å². The zero-order valence-corrected chi connectivity index (χ0v) is 12.2. The summed E-state index contributed by atoms with van der Waals surface area (Å²) in [5.74, 6) is 0.185. The number of Topliss-reactive ketones (excluding diaryl/α,β-unsaturated/α-hetero) is 1. The largest absolute Gasteiger partial charge is 0.293 e. The SMILES string of the molecule is Cc1cc(Br)c(C(=O)Cc2ccccc2C)s1. The van der Waals surface area contributed by atoms with Gasteiger partial charge in [0.2, 0.25) is 0 Å². The van der Waals surface area contributed by atoms with Crippen LogP contribution in [0.3, 0.4) is 0 Å². The highest BCUT2D eigenvalue weighted by Crippen LogP contribution is 2.28. The van der Waals surface area contributed by atoms with Crippen LogP contribution < -0.4 is 0 Å². The summed E-state index contributed by atoms with van der Waals surface area (Å²) in [6, 6.07) is 10.0. The molecule has 0 amide bonds. The number of carbonyl (C=O) groups excluding carboxylic acids is 1. The van der Waals surface area contributed by atoms with E-state index in [1.165, 1.54) is 5.56 Å². The fourth-order valence-electron chi connectivity index (χ4n) is 1.73. The second-order valence-electron chi connectivity index (χ2n) is 4.06. The Morgan fingerprint density at radius 2 is 2.00 bits per heavy atom. The van der Waals surface area contributed by atoms with Crippen LogP contribution in [0.5, 0.6) is 0 Å². The van der Waals surface area contributed by atoms with E-state index < -0.39 is 0 Å². The average molecular weight is 309 g/mol. The monoisotopic (exact) mass is 308 g/mol. The third-order valence-electron chi connectivity index (χ3n) is 2.68. The second-order valence-corrected chi connectivity index (χ2v) is 6.17. The third kappa shape index (κ3) is 2.85. The minimum absolute atomic E-state index is 0.185. The number of thiophene rings is 1. The topological polar surface area (TPSA) is 17.1 Å². The molecule has 0 aliphatic rings. The first-order chi connectivity index (χ1) is 8.08. The van der Waals surface area contributed by atoms with Crippen molar-refractivity contribution in [2.24, 2.45) is 0 Å². The van der Waals surface area contributed by atoms with E-state index in [4.69, 9.17) is 0 Å². The van der Waals surface area contributed by atoms with Crippen LogP contribution in [0, 0.1) is 13.8 Å². The molecular weight excluding hydrogens is 296 g/mol. The first-order valence-electron chi connectivity index (χ1n) is 5.41. The van der Waals surface area contributed by atoms with Crippen molar-refractivity contribution in [2.75, 3.05) is 0 Å². The minimum atomic E-state index is 0.185. The molecule has 17 heavy (non-hydrogen) atoms. The van der Waals surface area contributed by atoms with E-state index in [0.717, 1.165) is 19.8 Å². The summed E-state index contributed by atoms with van der Waals surface area (Å²) >= 11 is 4.99. The Morgan fingerprint density at radius 3 is 2.59 bits per heavy atom. The van der Waals surface area contributed by atoms with Crippen molar-refractivity contribution in [3.8, 4) is 0 Å². The number of hydrogen-bond acceptors (Lipinski definition) is 2. The first-order valence-corrected chi connectivity index (χ1v) is 7.02. The summed E-state index contributed by atoms with van der Waals surface area (Å²) < 4.78 is 0.915. The van der Waals surface area contributed by atoms with E-state index in [9.17, 15) is 4.79 Å². The Morgan fingerprint density at radius 1 is 1.29 bits per heavy atom. The molecule has 0 spiro atoms. The van der Waals surface area contributed by atoms with Crippen molar-refractivity contribution >= 4 is 33.0 Å². The van der Waals surface area contributed by atoms with Crippen molar-refractivity contribution in [1.29, 1.82) is 0 Å². The van der Waals surface area contributed by atoms with Crippen molar-refractivity contribution in [1.82, 2.24) is 0 Å². The van der Waals surface area contributed by atoms with Gasteiger partial charge in [0, 0.05) is 15.8 Å². The fraction of sp³-hybridized carbons (Fsp3) is 0.214. The molecule has 1 heterocycles. The molecule has 0 bridgehead atoms. The maximum Gasteiger partial charge on any atom is 0.178 e. The van der Waals surface area contributed by atoms with Crippen molar-refractivity contribution in [2.45, 2.75) is 20.3 Å². The molecule has 0 aliphatic heterocycles. The zero-order chi connectivity index (χ0) is 12.4. The molecule has 0 radical (unpaired) electrons. The molecule has 0 atom stereocenters. The molecule has 1 nitrogen and oxygen atoms in total. The maximum atomic E-state index is 12.2. The normalized spacial score (nSPS) is 10.5. The smallest absolute Gasteiger partial charge is 0.178 e. The predicted octanol–water partition coefficient (Wildman–Crippen LogP) is 4.55. The molecule has 0 saturated heterocycles. The van der Waals surface area contributed by atoms with Gasteiger partial charge in [-0.15, -0.1) is 11.3 Å². The molecule has 2 rings (SSSR count). The maximum absolute atomic E-state index is 12.2. The zero-order valence-electron chi connectivity index (χ0n) is 9.79. The molecule has 0 saturated carbocycles. The van der Waals surface area contributed by atoms with Gasteiger partial charge in [0.05, 0.1) is 4.88 Å². The van der Waals surface area contributed by atoms with Gasteiger partial charge >= 0.3 is 0 Å². The van der Waals surface area contributed by atoms with Gasteiger partial charge in [0.1, 0.15) is 0 Å². The Bertz CT molecular complexity index is 557. The molecule has 1 aromatic carbocycles. The highest BCUT2D eigenvalue weighted by Gasteiger charge is 2.14. The van der Waals surface area contributed by atoms with Crippen LogP contribution in [-0.2, 0) is 6.42 Å². The van der Waals surface area contributed by atoms with E-state index in [-0.39, 0.29) is 5.78 Å². The van der Waals surface area contributed by atoms with Crippen molar-refractivity contribution in [3.05, 3.63) is 55.7 Å². The molecule has 3 heteroatoms. The van der Waals surface area contributed by atoms with E-state index in [0.29, 0.717) is 6.42 Å². The Labute approximate surface area is 114 Å². The number of halogens is 1. The van der Waals surface area contributed by atoms with Crippen LogP contribution in [-0.4, -0.2) is 5.78 Å². The van der Waals surface area contributed by atoms with Gasteiger partial charge in [-0.05, 0) is 47.0 Å². The van der Waals surface area contributed by atoms with E-state index in [2.05, 4.69) is 15.9 Å². The first kappa shape index (κ1) is 12.5. The lowest BCUT2D eigenvalue weighted by atomic mass is 10.0. The lowest BCUT2D eigenvalue weighted by Crippen LogP contribution is -2.03. The summed E-state index contributed by atoms with van der Waals surface area (Å²) in [4.78, 5) is 14.2. The van der Waals surface area contributed by atoms with Gasteiger partial charge in [-0.25, -0.2) is 0 Å². The van der Waals surface area contributed by atoms with E-state index >= 15 is 0 Å². The van der Waals surface area contributed by atoms with Crippen LogP contribution in [0.4, 0.5) is 0 Å². The summed E-state index contributed by atoms with van der Waals surface area (Å²) in [5.41, 5.74) is 2.28. The number of ketones is 1. The third-order valence-corrected chi connectivity index (χ3v) is 4.65. The number of hydrogen-bond donors (Lipinski definition) is 0. The molecule has 0 unspecified atom stereocenters. The van der Waals surface area contributed by atoms with Crippen molar-refractivity contribution < 1.29 is 4.79 Å². The molecule has 0 aliphatic carbocycles. The highest BCUT2D eigenvalue weighted by atomic mass is 79.9. The minimum Gasteiger partial charge on any atom is -0.293 e. The number of benzene rings is 1. The lowest BCUT2D eigenvalue weighted by Gasteiger charge is -2.03. The molecule has 0 fully saturated rings. The summed E-state index contributed by atoms with van der Waals surface area (Å²) in [5, 5.41) is 0. The number of rotatable bonds is 3. The number of aryl methyl sites for hydroxylation is 2. The second kappa shape index (κ2) is 5.15. The summed E-state index contributed by atoms with van der Waals surface area (Å²) in [6.45, 7) is 4.05. The van der Waals surface area contributed by atoms with Crippen LogP contribution >= 0.6 is 27.3 Å². The average Bonchev–Trinajstić information content (AvgIpc) is 2.61. The summed E-state index contributed by atoms with van der Waals surface area (Å²) in [7, 11) is 0. The van der Waals surface area contributed by atoms with Gasteiger partial charge < -0.3 is 0 Å².